The van der Waals surface area contributed by atoms with Gasteiger partial charge in [0.05, 0.1) is 6.61 Å². The summed E-state index contributed by atoms with van der Waals surface area (Å²) in [5, 5.41) is 9.68. The minimum absolute atomic E-state index is 0.0324. The number of aromatic carboxylic acids is 1. The lowest BCUT2D eigenvalue weighted by molar-refractivity contribution is 0.0665. The van der Waals surface area contributed by atoms with Crippen molar-refractivity contribution < 1.29 is 19.1 Å². The molecule has 0 aliphatic heterocycles. The monoisotopic (exact) mass is 276 g/mol. The third-order valence-corrected chi connectivity index (χ3v) is 3.13. The highest BCUT2D eigenvalue weighted by atomic mass is 16.5. The first-order valence-electron chi connectivity index (χ1n) is 6.90. The molecule has 0 atom stereocenters. The Kier molecular flexibility index (Phi) is 4.79. The Labute approximate surface area is 118 Å². The van der Waals surface area contributed by atoms with E-state index in [1.807, 2.05) is 12.1 Å². The van der Waals surface area contributed by atoms with E-state index in [1.165, 1.54) is 6.42 Å². The molecule has 0 fully saturated rings. The van der Waals surface area contributed by atoms with E-state index < -0.39 is 5.97 Å². The maximum atomic E-state index is 10.8. The Morgan fingerprint density at radius 1 is 1.35 bits per heavy atom. The van der Waals surface area contributed by atoms with E-state index in [2.05, 4.69) is 13.8 Å². The molecule has 108 valence electrons. The Hall–Kier alpha value is -1.81. The van der Waals surface area contributed by atoms with Gasteiger partial charge >= 0.3 is 5.97 Å². The highest BCUT2D eigenvalue weighted by molar-refractivity contribution is 5.91. The van der Waals surface area contributed by atoms with Crippen molar-refractivity contribution in [3.8, 4) is 0 Å². The second-order valence-corrected chi connectivity index (χ2v) is 5.38. The Balaban J connectivity index is 1.92. The molecule has 0 amide bonds. The molecule has 0 aliphatic carbocycles. The van der Waals surface area contributed by atoms with Crippen LogP contribution in [0.2, 0.25) is 0 Å². The van der Waals surface area contributed by atoms with Crippen LogP contribution in [0, 0.1) is 5.92 Å². The average Bonchev–Trinajstić information content (AvgIpc) is 2.81. The fraction of sp³-hybridized carbons (Fsp3) is 0.438. The van der Waals surface area contributed by atoms with Crippen LogP contribution in [0.3, 0.4) is 0 Å². The van der Waals surface area contributed by atoms with Gasteiger partial charge in [0.1, 0.15) is 5.58 Å². The number of carboxylic acid groups (broad SMARTS) is 1. The lowest BCUT2D eigenvalue weighted by atomic mass is 10.1. The molecule has 0 saturated carbocycles. The zero-order valence-electron chi connectivity index (χ0n) is 11.9. The summed E-state index contributed by atoms with van der Waals surface area (Å²) >= 11 is 0. The zero-order valence-corrected chi connectivity index (χ0v) is 11.9. The predicted molar refractivity (Wildman–Crippen MR) is 76.9 cm³/mol. The molecule has 0 bridgehead atoms. The molecule has 4 nitrogen and oxygen atoms in total. The van der Waals surface area contributed by atoms with Gasteiger partial charge in [0.2, 0.25) is 5.76 Å². The van der Waals surface area contributed by atoms with Crippen molar-refractivity contribution in [2.24, 2.45) is 5.92 Å². The lowest BCUT2D eigenvalue weighted by Crippen LogP contribution is -1.97. The van der Waals surface area contributed by atoms with Gasteiger partial charge in [0, 0.05) is 12.0 Å². The summed E-state index contributed by atoms with van der Waals surface area (Å²) in [5.74, 6) is -0.377. The van der Waals surface area contributed by atoms with Crippen LogP contribution in [-0.2, 0) is 11.3 Å². The van der Waals surface area contributed by atoms with E-state index in [4.69, 9.17) is 14.3 Å². The molecule has 1 heterocycles. The molecule has 0 unspecified atom stereocenters. The first kappa shape index (κ1) is 14.6. The van der Waals surface area contributed by atoms with E-state index >= 15 is 0 Å². The molecule has 1 aromatic carbocycles. The molecule has 4 heteroatoms. The van der Waals surface area contributed by atoms with Crippen molar-refractivity contribution in [2.75, 3.05) is 6.61 Å². The van der Waals surface area contributed by atoms with Crippen molar-refractivity contribution in [2.45, 2.75) is 33.3 Å². The molecule has 0 spiro atoms. The molecule has 2 rings (SSSR count). The predicted octanol–water partition coefficient (Wildman–Crippen LogP) is 4.08. The highest BCUT2D eigenvalue weighted by Crippen LogP contribution is 2.21. The summed E-state index contributed by atoms with van der Waals surface area (Å²) in [5.41, 5.74) is 1.62. The highest BCUT2D eigenvalue weighted by Gasteiger charge is 2.10. The number of ether oxygens (including phenoxy) is 1. The van der Waals surface area contributed by atoms with Gasteiger partial charge in [-0.3, -0.25) is 0 Å². The molecule has 2 aromatic rings. The van der Waals surface area contributed by atoms with Crippen molar-refractivity contribution in [1.29, 1.82) is 0 Å². The minimum atomic E-state index is -1.05. The molecular weight excluding hydrogens is 256 g/mol. The standard InChI is InChI=1S/C16H20O4/c1-11(2)4-3-7-19-10-12-5-6-14-13(8-12)9-15(20-14)16(17)18/h5-6,8-9,11H,3-4,7,10H2,1-2H3,(H,17,18). The summed E-state index contributed by atoms with van der Waals surface area (Å²) in [7, 11) is 0. The molecule has 0 saturated heterocycles. The first-order valence-corrected chi connectivity index (χ1v) is 6.90. The van der Waals surface area contributed by atoms with Crippen LogP contribution < -0.4 is 0 Å². The second-order valence-electron chi connectivity index (χ2n) is 5.38. The van der Waals surface area contributed by atoms with E-state index in [1.54, 1.807) is 12.1 Å². The van der Waals surface area contributed by atoms with Crippen molar-refractivity contribution in [3.05, 3.63) is 35.6 Å². The van der Waals surface area contributed by atoms with Crippen molar-refractivity contribution >= 4 is 16.9 Å². The molecule has 20 heavy (non-hydrogen) atoms. The zero-order chi connectivity index (χ0) is 14.5. The van der Waals surface area contributed by atoms with Crippen molar-refractivity contribution in [3.63, 3.8) is 0 Å². The summed E-state index contributed by atoms with van der Waals surface area (Å²) < 4.78 is 10.8. The molecule has 0 aliphatic rings. The van der Waals surface area contributed by atoms with E-state index in [0.29, 0.717) is 18.1 Å². The van der Waals surface area contributed by atoms with Gasteiger partial charge in [-0.2, -0.15) is 0 Å². The quantitative estimate of drug-likeness (QED) is 0.774. The third kappa shape index (κ3) is 3.84. The first-order chi connectivity index (χ1) is 9.56. The summed E-state index contributed by atoms with van der Waals surface area (Å²) in [6, 6.07) is 7.14. The number of fused-ring (bicyclic) bond motifs is 1. The molecule has 1 aromatic heterocycles. The van der Waals surface area contributed by atoms with Gasteiger partial charge < -0.3 is 14.3 Å². The largest absolute Gasteiger partial charge is 0.475 e. The average molecular weight is 276 g/mol. The number of benzene rings is 1. The smallest absolute Gasteiger partial charge is 0.371 e. The van der Waals surface area contributed by atoms with Gasteiger partial charge in [-0.25, -0.2) is 4.79 Å². The van der Waals surface area contributed by atoms with Crippen LogP contribution in [0.25, 0.3) is 11.0 Å². The number of furan rings is 1. The maximum absolute atomic E-state index is 10.8. The summed E-state index contributed by atoms with van der Waals surface area (Å²) in [6.45, 7) is 5.70. The summed E-state index contributed by atoms with van der Waals surface area (Å²) in [4.78, 5) is 10.8. The second kappa shape index (κ2) is 6.57. The van der Waals surface area contributed by atoms with Gasteiger partial charge in [-0.1, -0.05) is 19.9 Å². The molecular formula is C16H20O4. The Morgan fingerprint density at radius 2 is 2.15 bits per heavy atom. The normalized spacial score (nSPS) is 11.3. The van der Waals surface area contributed by atoms with Gasteiger partial charge in [0.15, 0.2) is 0 Å². The third-order valence-electron chi connectivity index (χ3n) is 3.13. The number of carbonyl (C=O) groups is 1. The van der Waals surface area contributed by atoms with Gasteiger partial charge in [-0.05, 0) is 42.5 Å². The number of carboxylic acids is 1. The van der Waals surface area contributed by atoms with Crippen LogP contribution in [0.5, 0.6) is 0 Å². The van der Waals surface area contributed by atoms with E-state index in [-0.39, 0.29) is 5.76 Å². The van der Waals surface area contributed by atoms with Crippen LogP contribution in [0.4, 0.5) is 0 Å². The maximum Gasteiger partial charge on any atom is 0.371 e. The number of hydrogen-bond donors (Lipinski definition) is 1. The number of rotatable bonds is 7. The fourth-order valence-electron chi connectivity index (χ4n) is 2.07. The van der Waals surface area contributed by atoms with Crippen LogP contribution in [-0.4, -0.2) is 17.7 Å². The van der Waals surface area contributed by atoms with E-state index in [9.17, 15) is 4.79 Å². The Morgan fingerprint density at radius 3 is 2.85 bits per heavy atom. The molecule has 0 radical (unpaired) electrons. The van der Waals surface area contributed by atoms with Crippen LogP contribution in [0.15, 0.2) is 28.7 Å². The van der Waals surface area contributed by atoms with Gasteiger partial charge in [-0.15, -0.1) is 0 Å². The van der Waals surface area contributed by atoms with Crippen LogP contribution in [0.1, 0.15) is 42.8 Å². The topological polar surface area (TPSA) is 59.7 Å². The lowest BCUT2D eigenvalue weighted by Gasteiger charge is -2.06. The summed E-state index contributed by atoms with van der Waals surface area (Å²) in [6.07, 6.45) is 2.23. The fourth-order valence-corrected chi connectivity index (χ4v) is 2.07. The van der Waals surface area contributed by atoms with Crippen molar-refractivity contribution in [1.82, 2.24) is 0 Å². The SMILES string of the molecule is CC(C)CCCOCc1ccc2oc(C(=O)O)cc2c1. The Bertz CT molecular complexity index is 583. The van der Waals surface area contributed by atoms with Crippen LogP contribution >= 0.6 is 0 Å². The number of hydrogen-bond acceptors (Lipinski definition) is 3. The molecule has 1 N–H and O–H groups in total. The van der Waals surface area contributed by atoms with E-state index in [0.717, 1.165) is 24.0 Å². The van der Waals surface area contributed by atoms with Gasteiger partial charge in [0.25, 0.3) is 0 Å². The minimum Gasteiger partial charge on any atom is -0.475 e.